The van der Waals surface area contributed by atoms with E-state index in [1.165, 1.54) is 16.7 Å². The highest BCUT2D eigenvalue weighted by atomic mass is 32.1. The number of nitrogens with two attached hydrogens (primary N) is 1. The van der Waals surface area contributed by atoms with Crippen molar-refractivity contribution < 1.29 is 4.79 Å². The molecule has 0 unspecified atom stereocenters. The van der Waals surface area contributed by atoms with Crippen molar-refractivity contribution >= 4 is 28.9 Å². The van der Waals surface area contributed by atoms with E-state index in [2.05, 4.69) is 42.7 Å². The molecule has 2 aromatic carbocycles. The lowest BCUT2D eigenvalue weighted by Crippen LogP contribution is -2.28. The first-order chi connectivity index (χ1) is 10.4. The normalized spacial score (nSPS) is 10.1. The molecule has 2 rings (SSSR count). The van der Waals surface area contributed by atoms with Gasteiger partial charge in [-0.15, -0.1) is 0 Å². The van der Waals surface area contributed by atoms with E-state index >= 15 is 0 Å². The molecular weight excluding hydrogens is 294 g/mol. The summed E-state index contributed by atoms with van der Waals surface area (Å²) in [5, 5.41) is 6.78. The summed E-state index contributed by atoms with van der Waals surface area (Å²) in [4.78, 5) is 11.0. The van der Waals surface area contributed by atoms with Crippen LogP contribution in [-0.4, -0.2) is 11.0 Å². The van der Waals surface area contributed by atoms with Gasteiger partial charge in [0.1, 0.15) is 0 Å². The molecule has 114 valence electrons. The Kier molecular flexibility index (Phi) is 5.12. The summed E-state index contributed by atoms with van der Waals surface area (Å²) < 4.78 is 0. The highest BCUT2D eigenvalue weighted by molar-refractivity contribution is 7.80. The largest absolute Gasteiger partial charge is 0.366 e. The number of carbonyl (C=O) groups excluding carboxylic acids is 1. The zero-order valence-electron chi connectivity index (χ0n) is 12.6. The van der Waals surface area contributed by atoms with E-state index in [0.717, 1.165) is 5.69 Å². The number of hydrogen-bond donors (Lipinski definition) is 3. The summed E-state index contributed by atoms with van der Waals surface area (Å²) in [5.74, 6) is -0.443. The maximum Gasteiger partial charge on any atom is 0.248 e. The average Bonchev–Trinajstić information content (AvgIpc) is 2.45. The van der Waals surface area contributed by atoms with E-state index in [0.29, 0.717) is 17.2 Å². The third-order valence-corrected chi connectivity index (χ3v) is 3.41. The van der Waals surface area contributed by atoms with Crippen LogP contribution in [0.4, 0.5) is 5.69 Å². The van der Waals surface area contributed by atoms with Crippen molar-refractivity contribution in [3.63, 3.8) is 0 Å². The van der Waals surface area contributed by atoms with Gasteiger partial charge in [0.25, 0.3) is 0 Å². The van der Waals surface area contributed by atoms with Gasteiger partial charge in [-0.2, -0.15) is 0 Å². The smallest absolute Gasteiger partial charge is 0.248 e. The van der Waals surface area contributed by atoms with Crippen molar-refractivity contribution in [3.8, 4) is 0 Å². The Morgan fingerprint density at radius 2 is 1.68 bits per heavy atom. The first-order valence-electron chi connectivity index (χ1n) is 6.96. The maximum atomic E-state index is 11.0. The fraction of sp³-hybridized carbons (Fsp3) is 0.176. The van der Waals surface area contributed by atoms with Crippen molar-refractivity contribution in [1.82, 2.24) is 5.32 Å². The highest BCUT2D eigenvalue weighted by Crippen LogP contribution is 2.10. The third-order valence-electron chi connectivity index (χ3n) is 3.16. The molecular formula is C17H19N3OS. The molecule has 0 aliphatic carbocycles. The number of carbonyl (C=O) groups is 1. The Hall–Kier alpha value is -2.40. The Morgan fingerprint density at radius 3 is 2.23 bits per heavy atom. The van der Waals surface area contributed by atoms with Crippen LogP contribution in [0.1, 0.15) is 27.0 Å². The molecule has 0 bridgehead atoms. The summed E-state index contributed by atoms with van der Waals surface area (Å²) in [7, 11) is 0. The van der Waals surface area contributed by atoms with Gasteiger partial charge in [0.05, 0.1) is 0 Å². The standard InChI is InChI=1S/C17H19N3OS/c1-11-7-12(2)9-13(8-11)10-19-17(22)20-15-5-3-14(4-6-15)16(18)21/h3-9H,10H2,1-2H3,(H2,18,21)(H2,19,20,22). The van der Waals surface area contributed by atoms with E-state index in [1.807, 2.05) is 0 Å². The van der Waals surface area contributed by atoms with E-state index in [-0.39, 0.29) is 0 Å². The first-order valence-corrected chi connectivity index (χ1v) is 7.37. The minimum atomic E-state index is -0.443. The van der Waals surface area contributed by atoms with Gasteiger partial charge in [-0.3, -0.25) is 4.79 Å². The number of rotatable bonds is 4. The maximum absolute atomic E-state index is 11.0. The summed E-state index contributed by atoms with van der Waals surface area (Å²) in [6.45, 7) is 4.81. The first kappa shape index (κ1) is 16.0. The van der Waals surface area contributed by atoms with Gasteiger partial charge in [-0.05, 0) is 55.9 Å². The molecule has 0 atom stereocenters. The van der Waals surface area contributed by atoms with E-state index in [4.69, 9.17) is 18.0 Å². The summed E-state index contributed by atoms with van der Waals surface area (Å²) in [6.07, 6.45) is 0. The Balaban J connectivity index is 1.91. The molecule has 0 radical (unpaired) electrons. The van der Waals surface area contributed by atoms with Crippen LogP contribution in [0.15, 0.2) is 42.5 Å². The third kappa shape index (κ3) is 4.56. The number of anilines is 1. The van der Waals surface area contributed by atoms with Crippen LogP contribution in [0.25, 0.3) is 0 Å². The molecule has 2 aromatic rings. The lowest BCUT2D eigenvalue weighted by molar-refractivity contribution is 0.100. The van der Waals surface area contributed by atoms with Crippen LogP contribution in [0.5, 0.6) is 0 Å². The summed E-state index contributed by atoms with van der Waals surface area (Å²) >= 11 is 5.27. The van der Waals surface area contributed by atoms with Crippen molar-refractivity contribution in [2.45, 2.75) is 20.4 Å². The highest BCUT2D eigenvalue weighted by Gasteiger charge is 2.02. The van der Waals surface area contributed by atoms with Gasteiger partial charge in [0.15, 0.2) is 5.11 Å². The lowest BCUT2D eigenvalue weighted by atomic mass is 10.1. The molecule has 0 heterocycles. The lowest BCUT2D eigenvalue weighted by Gasteiger charge is -2.11. The Bertz CT molecular complexity index is 675. The number of benzene rings is 2. The summed E-state index contributed by atoms with van der Waals surface area (Å²) in [5.41, 5.74) is 10.1. The molecule has 0 saturated heterocycles. The van der Waals surface area contributed by atoms with Crippen molar-refractivity contribution in [2.75, 3.05) is 5.32 Å². The van der Waals surface area contributed by atoms with Crippen LogP contribution < -0.4 is 16.4 Å². The van der Waals surface area contributed by atoms with E-state index in [9.17, 15) is 4.79 Å². The van der Waals surface area contributed by atoms with Gasteiger partial charge in [0, 0.05) is 17.8 Å². The SMILES string of the molecule is Cc1cc(C)cc(CNC(=S)Nc2ccc(C(N)=O)cc2)c1. The van der Waals surface area contributed by atoms with Gasteiger partial charge in [0.2, 0.25) is 5.91 Å². The molecule has 0 aliphatic heterocycles. The number of primary amides is 1. The van der Waals surface area contributed by atoms with Crippen LogP contribution in [-0.2, 0) is 6.54 Å². The number of nitrogens with one attached hydrogen (secondary N) is 2. The predicted octanol–water partition coefficient (Wildman–Crippen LogP) is 2.89. The molecule has 0 saturated carbocycles. The minimum absolute atomic E-state index is 0.443. The van der Waals surface area contributed by atoms with Crippen molar-refractivity contribution in [3.05, 3.63) is 64.7 Å². The van der Waals surface area contributed by atoms with Crippen molar-refractivity contribution in [1.29, 1.82) is 0 Å². The van der Waals surface area contributed by atoms with Gasteiger partial charge < -0.3 is 16.4 Å². The molecule has 22 heavy (non-hydrogen) atoms. The molecule has 5 heteroatoms. The number of thiocarbonyl (C=S) groups is 1. The fourth-order valence-corrected chi connectivity index (χ4v) is 2.44. The monoisotopic (exact) mass is 313 g/mol. The zero-order valence-corrected chi connectivity index (χ0v) is 13.5. The molecule has 4 N–H and O–H groups in total. The fourth-order valence-electron chi connectivity index (χ4n) is 2.25. The Morgan fingerprint density at radius 1 is 1.09 bits per heavy atom. The van der Waals surface area contributed by atoms with Crippen LogP contribution in [0.3, 0.4) is 0 Å². The van der Waals surface area contributed by atoms with Crippen LogP contribution in [0.2, 0.25) is 0 Å². The minimum Gasteiger partial charge on any atom is -0.366 e. The van der Waals surface area contributed by atoms with Gasteiger partial charge in [-0.1, -0.05) is 29.3 Å². The Labute approximate surface area is 135 Å². The second kappa shape index (κ2) is 7.04. The average molecular weight is 313 g/mol. The van der Waals surface area contributed by atoms with Crippen LogP contribution in [0, 0.1) is 13.8 Å². The van der Waals surface area contributed by atoms with E-state index < -0.39 is 5.91 Å². The molecule has 0 fully saturated rings. The molecule has 0 aliphatic rings. The quantitative estimate of drug-likeness (QED) is 0.759. The number of hydrogen-bond acceptors (Lipinski definition) is 2. The number of amides is 1. The predicted molar refractivity (Wildman–Crippen MR) is 93.9 cm³/mol. The van der Waals surface area contributed by atoms with Crippen LogP contribution >= 0.6 is 12.2 Å². The second-order valence-electron chi connectivity index (χ2n) is 5.25. The molecule has 0 spiro atoms. The second-order valence-corrected chi connectivity index (χ2v) is 5.65. The molecule has 1 amide bonds. The van der Waals surface area contributed by atoms with E-state index in [1.54, 1.807) is 24.3 Å². The van der Waals surface area contributed by atoms with Gasteiger partial charge >= 0.3 is 0 Å². The number of aryl methyl sites for hydroxylation is 2. The molecule has 4 nitrogen and oxygen atoms in total. The topological polar surface area (TPSA) is 67.2 Å². The summed E-state index contributed by atoms with van der Waals surface area (Å²) in [6, 6.07) is 13.3. The van der Waals surface area contributed by atoms with Crippen molar-refractivity contribution in [2.24, 2.45) is 5.73 Å². The zero-order chi connectivity index (χ0) is 16.1. The van der Waals surface area contributed by atoms with Gasteiger partial charge in [-0.25, -0.2) is 0 Å². The molecule has 0 aromatic heterocycles.